The molecule has 0 saturated carbocycles. The highest BCUT2D eigenvalue weighted by atomic mass is 16.1. The van der Waals surface area contributed by atoms with Gasteiger partial charge in [0.25, 0.3) is 5.56 Å². The van der Waals surface area contributed by atoms with Crippen molar-refractivity contribution in [3.63, 3.8) is 0 Å². The molecule has 4 heterocycles. The van der Waals surface area contributed by atoms with Gasteiger partial charge in [-0.3, -0.25) is 14.5 Å². The number of hydrogen-bond donors (Lipinski definition) is 0. The summed E-state index contributed by atoms with van der Waals surface area (Å²) in [5.41, 5.74) is 6.67. The zero-order valence-electron chi connectivity index (χ0n) is 15.3. The van der Waals surface area contributed by atoms with E-state index in [2.05, 4.69) is 14.6 Å². The van der Waals surface area contributed by atoms with E-state index in [0.29, 0.717) is 10.9 Å². The molecule has 0 aliphatic carbocycles. The molecule has 6 nitrogen and oxygen atoms in total. The first kappa shape index (κ1) is 15.9. The topological polar surface area (TPSA) is 65.6 Å². The van der Waals surface area contributed by atoms with E-state index in [0.717, 1.165) is 47.6 Å². The maximum atomic E-state index is 12.6. The number of hydrogen-bond acceptors (Lipinski definition) is 4. The summed E-state index contributed by atoms with van der Waals surface area (Å²) in [6, 6.07) is 11.9. The number of benzene rings is 1. The van der Waals surface area contributed by atoms with Gasteiger partial charge in [-0.25, -0.2) is 4.98 Å². The lowest BCUT2D eigenvalue weighted by Gasteiger charge is -2.07. The van der Waals surface area contributed by atoms with E-state index in [1.165, 1.54) is 10.3 Å². The first-order chi connectivity index (χ1) is 13.1. The zero-order chi connectivity index (χ0) is 18.5. The van der Waals surface area contributed by atoms with Crippen LogP contribution in [0.3, 0.4) is 0 Å². The lowest BCUT2D eigenvalue weighted by atomic mass is 9.98. The van der Waals surface area contributed by atoms with Crippen LogP contribution in [0.1, 0.15) is 17.8 Å². The lowest BCUT2D eigenvalue weighted by Crippen LogP contribution is -2.16. The second-order valence-corrected chi connectivity index (χ2v) is 7.05. The van der Waals surface area contributed by atoms with Gasteiger partial charge in [-0.1, -0.05) is 12.1 Å². The highest BCUT2D eigenvalue weighted by Crippen LogP contribution is 2.37. The average molecular weight is 357 g/mol. The first-order valence-electron chi connectivity index (χ1n) is 9.11. The molecule has 0 N–H and O–H groups in total. The Morgan fingerprint density at radius 1 is 1.15 bits per heavy atom. The van der Waals surface area contributed by atoms with Gasteiger partial charge in [-0.15, -0.1) is 0 Å². The predicted octanol–water partition coefficient (Wildman–Crippen LogP) is 3.11. The summed E-state index contributed by atoms with van der Waals surface area (Å²) in [6.07, 6.45) is 3.63. The fourth-order valence-corrected chi connectivity index (χ4v) is 3.86. The fourth-order valence-electron chi connectivity index (χ4n) is 3.86. The van der Waals surface area contributed by atoms with Crippen molar-refractivity contribution in [2.24, 2.45) is 7.05 Å². The molecule has 1 aliphatic rings. The largest absolute Gasteiger partial charge is 0.302 e. The van der Waals surface area contributed by atoms with Crippen LogP contribution in [0.25, 0.3) is 33.4 Å². The Balaban J connectivity index is 1.79. The van der Waals surface area contributed by atoms with Crippen LogP contribution < -0.4 is 5.56 Å². The molecule has 0 unspecified atom stereocenters. The second kappa shape index (κ2) is 5.87. The van der Waals surface area contributed by atoms with Crippen LogP contribution in [0, 0.1) is 6.92 Å². The van der Waals surface area contributed by atoms with Crippen molar-refractivity contribution >= 4 is 10.9 Å². The molecule has 0 fully saturated rings. The molecule has 0 radical (unpaired) electrons. The van der Waals surface area contributed by atoms with Crippen LogP contribution in [0.5, 0.6) is 0 Å². The van der Waals surface area contributed by atoms with Gasteiger partial charge in [0.05, 0.1) is 22.9 Å². The number of nitrogens with zero attached hydrogens (tertiary/aromatic N) is 5. The quantitative estimate of drug-likeness (QED) is 0.553. The van der Waals surface area contributed by atoms with E-state index in [1.807, 2.05) is 43.3 Å². The minimum absolute atomic E-state index is 0.0408. The van der Waals surface area contributed by atoms with E-state index in [9.17, 15) is 4.79 Å². The molecule has 0 spiro atoms. The summed E-state index contributed by atoms with van der Waals surface area (Å²) >= 11 is 0. The normalized spacial score (nSPS) is 13.3. The van der Waals surface area contributed by atoms with Crippen molar-refractivity contribution in [3.8, 4) is 22.5 Å². The summed E-state index contributed by atoms with van der Waals surface area (Å²) in [5, 5.41) is 5.48. The number of rotatable bonds is 2. The minimum Gasteiger partial charge on any atom is -0.302 e. The SMILES string of the molecule is Cc1cccc(-c2nn3c(c2-c2ccc4ncn(C)c(=O)c4c2)CCC3)n1. The van der Waals surface area contributed by atoms with Crippen molar-refractivity contribution in [2.75, 3.05) is 0 Å². The molecule has 1 aromatic carbocycles. The standard InChI is InChI=1S/C21H19N5O/c1-13-5-3-6-17(23-13)20-19(18-7-4-10-26(18)24-20)14-8-9-16-15(11-14)21(27)25(2)12-22-16/h3,5-6,8-9,11-12H,4,7,10H2,1-2H3. The summed E-state index contributed by atoms with van der Waals surface area (Å²) in [4.78, 5) is 21.6. The van der Waals surface area contributed by atoms with E-state index in [-0.39, 0.29) is 5.56 Å². The molecule has 134 valence electrons. The third-order valence-electron chi connectivity index (χ3n) is 5.18. The Morgan fingerprint density at radius 3 is 2.89 bits per heavy atom. The third kappa shape index (κ3) is 2.48. The maximum absolute atomic E-state index is 12.6. The van der Waals surface area contributed by atoms with Gasteiger partial charge in [0, 0.05) is 30.5 Å². The summed E-state index contributed by atoms with van der Waals surface area (Å²) in [6.45, 7) is 2.91. The van der Waals surface area contributed by atoms with Crippen molar-refractivity contribution in [2.45, 2.75) is 26.3 Å². The lowest BCUT2D eigenvalue weighted by molar-refractivity contribution is 0.658. The number of fused-ring (bicyclic) bond motifs is 2. The van der Waals surface area contributed by atoms with Gasteiger partial charge in [-0.05, 0) is 49.6 Å². The van der Waals surface area contributed by atoms with Crippen molar-refractivity contribution in [1.82, 2.24) is 24.3 Å². The maximum Gasteiger partial charge on any atom is 0.260 e. The molecule has 27 heavy (non-hydrogen) atoms. The van der Waals surface area contributed by atoms with E-state index in [1.54, 1.807) is 13.4 Å². The number of aromatic nitrogens is 5. The first-order valence-corrected chi connectivity index (χ1v) is 9.11. The van der Waals surface area contributed by atoms with E-state index < -0.39 is 0 Å². The van der Waals surface area contributed by atoms with Crippen LogP contribution >= 0.6 is 0 Å². The molecule has 0 amide bonds. The highest BCUT2D eigenvalue weighted by Gasteiger charge is 2.24. The van der Waals surface area contributed by atoms with Gasteiger partial charge in [0.2, 0.25) is 0 Å². The Bertz CT molecular complexity index is 1250. The Hall–Kier alpha value is -3.28. The minimum atomic E-state index is -0.0408. The number of pyridine rings is 1. The molecule has 5 rings (SSSR count). The van der Waals surface area contributed by atoms with Gasteiger partial charge < -0.3 is 4.57 Å². The number of aryl methyl sites for hydroxylation is 3. The summed E-state index contributed by atoms with van der Waals surface area (Å²) < 4.78 is 3.60. The van der Waals surface area contributed by atoms with Crippen LogP contribution in [0.4, 0.5) is 0 Å². The molecule has 0 bridgehead atoms. The second-order valence-electron chi connectivity index (χ2n) is 7.05. The van der Waals surface area contributed by atoms with Crippen molar-refractivity contribution < 1.29 is 0 Å². The van der Waals surface area contributed by atoms with Gasteiger partial charge in [0.1, 0.15) is 5.69 Å². The van der Waals surface area contributed by atoms with Crippen LogP contribution in [-0.2, 0) is 20.0 Å². The third-order valence-corrected chi connectivity index (χ3v) is 5.18. The Labute approximate surface area is 156 Å². The molecule has 0 atom stereocenters. The highest BCUT2D eigenvalue weighted by molar-refractivity contribution is 5.88. The molecule has 3 aromatic heterocycles. The summed E-state index contributed by atoms with van der Waals surface area (Å²) in [5.74, 6) is 0. The monoisotopic (exact) mass is 357 g/mol. The Morgan fingerprint density at radius 2 is 2.04 bits per heavy atom. The van der Waals surface area contributed by atoms with Gasteiger partial charge in [0.15, 0.2) is 0 Å². The van der Waals surface area contributed by atoms with E-state index >= 15 is 0 Å². The van der Waals surface area contributed by atoms with Crippen LogP contribution in [0.2, 0.25) is 0 Å². The zero-order valence-corrected chi connectivity index (χ0v) is 15.3. The van der Waals surface area contributed by atoms with Crippen LogP contribution in [-0.4, -0.2) is 24.3 Å². The van der Waals surface area contributed by atoms with E-state index in [4.69, 9.17) is 5.10 Å². The smallest absolute Gasteiger partial charge is 0.260 e. The Kier molecular flexibility index (Phi) is 3.47. The molecular formula is C21H19N5O. The molecule has 6 heteroatoms. The molecule has 0 saturated heterocycles. The van der Waals surface area contributed by atoms with Gasteiger partial charge >= 0.3 is 0 Å². The molecule has 4 aromatic rings. The molecular weight excluding hydrogens is 338 g/mol. The fraction of sp³-hybridized carbons (Fsp3) is 0.238. The predicted molar refractivity (Wildman–Crippen MR) is 104 cm³/mol. The summed E-state index contributed by atoms with van der Waals surface area (Å²) in [7, 11) is 1.72. The molecule has 1 aliphatic heterocycles. The van der Waals surface area contributed by atoms with Crippen molar-refractivity contribution in [3.05, 3.63) is 64.5 Å². The van der Waals surface area contributed by atoms with Crippen LogP contribution in [0.15, 0.2) is 47.5 Å². The van der Waals surface area contributed by atoms with Crippen molar-refractivity contribution in [1.29, 1.82) is 0 Å². The average Bonchev–Trinajstić information content (AvgIpc) is 3.26. The van der Waals surface area contributed by atoms with Gasteiger partial charge in [-0.2, -0.15) is 5.10 Å².